The molecule has 0 aliphatic heterocycles. The molecule has 1 aromatic carbocycles. The molecule has 0 saturated heterocycles. The number of ether oxygens (including phenoxy) is 1. The summed E-state index contributed by atoms with van der Waals surface area (Å²) >= 11 is 7.50. The van der Waals surface area contributed by atoms with E-state index in [1.807, 2.05) is 10.8 Å². The number of amides is 1. The molecule has 0 bridgehead atoms. The van der Waals surface area contributed by atoms with Crippen LogP contribution < -0.4 is 9.54 Å². The Bertz CT molecular complexity index is 882. The monoisotopic (exact) mass is 376 g/mol. The van der Waals surface area contributed by atoms with Gasteiger partial charge in [0.15, 0.2) is 4.80 Å². The minimum absolute atomic E-state index is 0.0346. The molecular weight excluding hydrogens is 356 g/mol. The molecule has 2 aromatic rings. The van der Waals surface area contributed by atoms with Gasteiger partial charge in [-0.2, -0.15) is 4.99 Å². The van der Waals surface area contributed by atoms with E-state index in [1.165, 1.54) is 18.4 Å². The maximum absolute atomic E-state index is 12.7. The van der Waals surface area contributed by atoms with Gasteiger partial charge in [0.05, 0.1) is 12.7 Å². The highest BCUT2D eigenvalue weighted by Gasteiger charge is 2.19. The van der Waals surface area contributed by atoms with Crippen LogP contribution in [0.5, 0.6) is 5.75 Å². The van der Waals surface area contributed by atoms with Crippen LogP contribution in [0.2, 0.25) is 5.02 Å². The van der Waals surface area contributed by atoms with Crippen LogP contribution in [0.1, 0.15) is 42.4 Å². The Kier molecular flexibility index (Phi) is 6.10. The molecular formula is C19H21ClN2O2S. The zero-order chi connectivity index (χ0) is 18.6. The van der Waals surface area contributed by atoms with Crippen molar-refractivity contribution >= 4 is 28.8 Å². The summed E-state index contributed by atoms with van der Waals surface area (Å²) < 4.78 is 7.17. The molecule has 0 aliphatic rings. The lowest BCUT2D eigenvalue weighted by Crippen LogP contribution is -2.16. The third kappa shape index (κ3) is 4.75. The quantitative estimate of drug-likeness (QED) is 0.748. The van der Waals surface area contributed by atoms with Gasteiger partial charge in [-0.25, -0.2) is 0 Å². The lowest BCUT2D eigenvalue weighted by molar-refractivity contribution is 0.0995. The number of thiazole rings is 1. The first-order chi connectivity index (χ1) is 11.8. The van der Waals surface area contributed by atoms with Gasteiger partial charge < -0.3 is 9.30 Å². The molecule has 6 heteroatoms. The molecule has 25 heavy (non-hydrogen) atoms. The van der Waals surface area contributed by atoms with Crippen LogP contribution >= 0.6 is 22.9 Å². The van der Waals surface area contributed by atoms with E-state index in [9.17, 15) is 4.79 Å². The largest absolute Gasteiger partial charge is 0.496 e. The fourth-order valence-electron chi connectivity index (χ4n) is 2.15. The summed E-state index contributed by atoms with van der Waals surface area (Å²) in [6.07, 6.45) is 7.97. The number of aromatic nitrogens is 1. The highest BCUT2D eigenvalue weighted by molar-refractivity contribution is 7.09. The van der Waals surface area contributed by atoms with E-state index >= 15 is 0 Å². The number of nitrogens with zero attached hydrogens (tertiary/aromatic N) is 2. The standard InChI is InChI=1S/C19H21ClN2O2S/c1-6-7-10-22-12-16(19(2,3)4)25-18(22)21-17(23)14-11-13(20)8-9-15(14)24-5/h1,8-9,11-12H,7,10H2,2-5H3/b21-18-. The van der Waals surface area contributed by atoms with Crippen LogP contribution in [0.3, 0.4) is 0 Å². The van der Waals surface area contributed by atoms with E-state index in [1.54, 1.807) is 18.2 Å². The van der Waals surface area contributed by atoms with E-state index in [-0.39, 0.29) is 5.41 Å². The summed E-state index contributed by atoms with van der Waals surface area (Å²) in [5, 5.41) is 0.459. The minimum atomic E-state index is -0.392. The predicted molar refractivity (Wildman–Crippen MR) is 102 cm³/mol. The second-order valence-electron chi connectivity index (χ2n) is 6.54. The van der Waals surface area contributed by atoms with Gasteiger partial charge in [-0.3, -0.25) is 4.79 Å². The Morgan fingerprint density at radius 3 is 2.76 bits per heavy atom. The van der Waals surface area contributed by atoms with Crippen LogP contribution in [-0.2, 0) is 12.0 Å². The van der Waals surface area contributed by atoms with Crippen molar-refractivity contribution in [2.24, 2.45) is 4.99 Å². The van der Waals surface area contributed by atoms with Gasteiger partial charge in [0, 0.05) is 29.1 Å². The van der Waals surface area contributed by atoms with Gasteiger partial charge in [-0.1, -0.05) is 32.4 Å². The molecule has 0 unspecified atom stereocenters. The predicted octanol–water partition coefficient (Wildman–Crippen LogP) is 4.27. The smallest absolute Gasteiger partial charge is 0.283 e. The highest BCUT2D eigenvalue weighted by atomic mass is 35.5. The third-order valence-corrected chi connectivity index (χ3v) is 5.23. The zero-order valence-electron chi connectivity index (χ0n) is 14.8. The van der Waals surface area contributed by atoms with E-state index in [0.717, 1.165) is 4.88 Å². The van der Waals surface area contributed by atoms with Crippen LogP contribution in [0.15, 0.2) is 29.4 Å². The van der Waals surface area contributed by atoms with Gasteiger partial charge in [0.2, 0.25) is 0 Å². The Morgan fingerprint density at radius 2 is 2.16 bits per heavy atom. The number of carbonyl (C=O) groups is 1. The number of halogens is 1. The topological polar surface area (TPSA) is 43.6 Å². The van der Waals surface area contributed by atoms with E-state index in [2.05, 4.69) is 31.7 Å². The molecule has 0 saturated carbocycles. The van der Waals surface area contributed by atoms with Gasteiger partial charge >= 0.3 is 0 Å². The molecule has 0 atom stereocenters. The first-order valence-corrected chi connectivity index (χ1v) is 9.02. The minimum Gasteiger partial charge on any atom is -0.496 e. The van der Waals surface area contributed by atoms with Crippen molar-refractivity contribution in [3.63, 3.8) is 0 Å². The summed E-state index contributed by atoms with van der Waals surface area (Å²) in [7, 11) is 1.51. The maximum atomic E-state index is 12.7. The van der Waals surface area contributed by atoms with Crippen molar-refractivity contribution in [1.29, 1.82) is 0 Å². The fourth-order valence-corrected chi connectivity index (χ4v) is 3.40. The summed E-state index contributed by atoms with van der Waals surface area (Å²) in [6.45, 7) is 6.98. The SMILES string of the molecule is C#CCCn1cc(C(C)(C)C)s/c1=N\C(=O)c1cc(Cl)ccc1OC. The molecule has 2 rings (SSSR count). The van der Waals surface area contributed by atoms with Crippen molar-refractivity contribution in [3.05, 3.63) is 44.7 Å². The van der Waals surface area contributed by atoms with Gasteiger partial charge in [-0.05, 0) is 23.6 Å². The lowest BCUT2D eigenvalue weighted by Gasteiger charge is -2.14. The first kappa shape index (κ1) is 19.3. The Balaban J connectivity index is 2.52. The molecule has 0 radical (unpaired) electrons. The van der Waals surface area contributed by atoms with Crippen molar-refractivity contribution in [1.82, 2.24) is 4.57 Å². The van der Waals surface area contributed by atoms with Crippen LogP contribution in [-0.4, -0.2) is 17.6 Å². The number of carbonyl (C=O) groups excluding carboxylic acids is 1. The second kappa shape index (κ2) is 7.90. The Hall–Kier alpha value is -2.03. The van der Waals surface area contributed by atoms with E-state index in [0.29, 0.717) is 34.1 Å². The summed E-state index contributed by atoms with van der Waals surface area (Å²) in [5.74, 6) is 2.67. The fraction of sp³-hybridized carbons (Fsp3) is 0.368. The van der Waals surface area contributed by atoms with Crippen LogP contribution in [0.25, 0.3) is 0 Å². The molecule has 0 spiro atoms. The molecule has 1 amide bonds. The average Bonchev–Trinajstić information content (AvgIpc) is 2.95. The van der Waals surface area contributed by atoms with E-state index in [4.69, 9.17) is 22.8 Å². The normalized spacial score (nSPS) is 12.1. The molecule has 0 aliphatic carbocycles. The van der Waals surface area contributed by atoms with Crippen molar-refractivity contribution in [2.45, 2.75) is 39.2 Å². The van der Waals surface area contributed by atoms with Gasteiger partial charge in [0.1, 0.15) is 5.75 Å². The Morgan fingerprint density at radius 1 is 1.44 bits per heavy atom. The zero-order valence-corrected chi connectivity index (χ0v) is 16.4. The van der Waals surface area contributed by atoms with E-state index < -0.39 is 5.91 Å². The molecule has 132 valence electrons. The number of methoxy groups -OCH3 is 1. The summed E-state index contributed by atoms with van der Waals surface area (Å²) in [5.41, 5.74) is 0.303. The number of benzene rings is 1. The molecule has 4 nitrogen and oxygen atoms in total. The third-order valence-electron chi connectivity index (χ3n) is 3.55. The van der Waals surface area contributed by atoms with Crippen LogP contribution in [0, 0.1) is 12.3 Å². The molecule has 1 aromatic heterocycles. The average molecular weight is 377 g/mol. The molecule has 1 heterocycles. The molecule has 0 N–H and O–H groups in total. The van der Waals surface area contributed by atoms with Crippen molar-refractivity contribution < 1.29 is 9.53 Å². The maximum Gasteiger partial charge on any atom is 0.283 e. The Labute approximate surface area is 157 Å². The summed E-state index contributed by atoms with van der Waals surface area (Å²) in [4.78, 5) is 18.7. The van der Waals surface area contributed by atoms with Gasteiger partial charge in [0.25, 0.3) is 5.91 Å². The van der Waals surface area contributed by atoms with Gasteiger partial charge in [-0.15, -0.1) is 23.7 Å². The number of aryl methyl sites for hydroxylation is 1. The summed E-state index contributed by atoms with van der Waals surface area (Å²) in [6, 6.07) is 4.90. The lowest BCUT2D eigenvalue weighted by atomic mass is 9.95. The first-order valence-electron chi connectivity index (χ1n) is 7.83. The van der Waals surface area contributed by atoms with Crippen molar-refractivity contribution in [3.8, 4) is 18.1 Å². The second-order valence-corrected chi connectivity index (χ2v) is 7.98. The number of hydrogen-bond acceptors (Lipinski definition) is 3. The van der Waals surface area contributed by atoms with Crippen LogP contribution in [0.4, 0.5) is 0 Å². The number of rotatable bonds is 4. The number of hydrogen-bond donors (Lipinski definition) is 0. The molecule has 0 fully saturated rings. The highest BCUT2D eigenvalue weighted by Crippen LogP contribution is 2.25. The van der Waals surface area contributed by atoms with Crippen molar-refractivity contribution in [2.75, 3.05) is 7.11 Å². The number of terminal acetylenes is 1.